The lowest BCUT2D eigenvalue weighted by molar-refractivity contribution is 0.342. The molecule has 0 aliphatic heterocycles. The molecule has 0 amide bonds. The molecule has 0 bridgehead atoms. The van der Waals surface area contributed by atoms with Gasteiger partial charge in [-0.25, -0.2) is 0 Å². The van der Waals surface area contributed by atoms with Gasteiger partial charge in [-0.2, -0.15) is 4.98 Å². The summed E-state index contributed by atoms with van der Waals surface area (Å²) in [6, 6.07) is 11.1. The largest absolute Gasteiger partial charge is 0.492 e. The van der Waals surface area contributed by atoms with Crippen molar-refractivity contribution in [1.29, 1.82) is 0 Å². The average molecular weight is 259 g/mol. The summed E-state index contributed by atoms with van der Waals surface area (Å²) in [6.07, 6.45) is 0. The summed E-state index contributed by atoms with van der Waals surface area (Å²) in [5.74, 6) is 1.81. The lowest BCUT2D eigenvalue weighted by Gasteiger charge is -2.13. The molecule has 0 fully saturated rings. The van der Waals surface area contributed by atoms with E-state index in [-0.39, 0.29) is 0 Å². The lowest BCUT2D eigenvalue weighted by atomic mass is 10.3. The van der Waals surface area contributed by atoms with Gasteiger partial charge in [0.1, 0.15) is 5.75 Å². The number of rotatable bonds is 5. The van der Waals surface area contributed by atoms with Crippen LogP contribution in [0.25, 0.3) is 0 Å². The molecule has 0 saturated heterocycles. The number of aromatic nitrogens is 1. The highest BCUT2D eigenvalue weighted by atomic mass is 16.5. The first-order chi connectivity index (χ1) is 9.24. The van der Waals surface area contributed by atoms with E-state index in [1.165, 1.54) is 0 Å². The number of nitrogen functional groups attached to an aromatic ring is 1. The van der Waals surface area contributed by atoms with Gasteiger partial charge in [0.25, 0.3) is 0 Å². The van der Waals surface area contributed by atoms with E-state index in [1.807, 2.05) is 31.2 Å². The van der Waals surface area contributed by atoms with E-state index < -0.39 is 0 Å². The Morgan fingerprint density at radius 1 is 1.21 bits per heavy atom. The molecule has 100 valence electrons. The molecule has 1 heterocycles. The number of para-hydroxylation sites is 2. The molecule has 2 rings (SSSR count). The van der Waals surface area contributed by atoms with Gasteiger partial charge in [-0.1, -0.05) is 12.1 Å². The van der Waals surface area contributed by atoms with Crippen LogP contribution in [0, 0.1) is 0 Å². The van der Waals surface area contributed by atoms with Crippen LogP contribution in [-0.4, -0.2) is 18.7 Å². The zero-order valence-corrected chi connectivity index (χ0v) is 11.0. The second-order valence-corrected chi connectivity index (χ2v) is 3.85. The second kappa shape index (κ2) is 5.95. The molecule has 0 spiro atoms. The van der Waals surface area contributed by atoms with Gasteiger partial charge >= 0.3 is 0 Å². The fourth-order valence-electron chi connectivity index (χ4n) is 1.64. The fraction of sp³-hybridized carbons (Fsp3) is 0.214. The number of ether oxygens (including phenoxy) is 2. The Morgan fingerprint density at radius 3 is 2.74 bits per heavy atom. The van der Waals surface area contributed by atoms with Gasteiger partial charge < -0.3 is 20.5 Å². The van der Waals surface area contributed by atoms with E-state index in [1.54, 1.807) is 19.2 Å². The Labute approximate surface area is 112 Å². The summed E-state index contributed by atoms with van der Waals surface area (Å²) >= 11 is 0. The summed E-state index contributed by atoms with van der Waals surface area (Å²) in [7, 11) is 1.57. The van der Waals surface area contributed by atoms with Crippen LogP contribution in [0.4, 0.5) is 17.2 Å². The zero-order valence-electron chi connectivity index (χ0n) is 11.0. The number of methoxy groups -OCH3 is 1. The number of hydrogen-bond acceptors (Lipinski definition) is 5. The zero-order chi connectivity index (χ0) is 13.7. The van der Waals surface area contributed by atoms with Gasteiger partial charge in [0.05, 0.1) is 25.1 Å². The maximum Gasteiger partial charge on any atom is 0.215 e. The fourth-order valence-corrected chi connectivity index (χ4v) is 1.64. The molecule has 5 heteroatoms. The topological polar surface area (TPSA) is 69.4 Å². The third-order valence-electron chi connectivity index (χ3n) is 2.55. The molecule has 0 atom stereocenters. The van der Waals surface area contributed by atoms with Gasteiger partial charge in [0.15, 0.2) is 5.82 Å². The molecule has 3 N–H and O–H groups in total. The molecule has 19 heavy (non-hydrogen) atoms. The quantitative estimate of drug-likeness (QED) is 0.864. The third kappa shape index (κ3) is 3.07. The molecule has 0 aliphatic rings. The predicted molar refractivity (Wildman–Crippen MR) is 76.1 cm³/mol. The number of benzene rings is 1. The summed E-state index contributed by atoms with van der Waals surface area (Å²) in [6.45, 7) is 2.54. The molecule has 0 radical (unpaired) electrons. The van der Waals surface area contributed by atoms with Gasteiger partial charge in [0.2, 0.25) is 5.88 Å². The Morgan fingerprint density at radius 2 is 2.00 bits per heavy atom. The number of hydrogen-bond donors (Lipinski definition) is 2. The predicted octanol–water partition coefficient (Wildman–Crippen LogP) is 2.81. The molecule has 5 nitrogen and oxygen atoms in total. The highest BCUT2D eigenvalue weighted by Crippen LogP contribution is 2.29. The minimum Gasteiger partial charge on any atom is -0.492 e. The summed E-state index contributed by atoms with van der Waals surface area (Å²) in [5, 5.41) is 3.16. The lowest BCUT2D eigenvalue weighted by Crippen LogP contribution is -2.02. The van der Waals surface area contributed by atoms with E-state index in [0.29, 0.717) is 24.0 Å². The van der Waals surface area contributed by atoms with Crippen LogP contribution in [0.1, 0.15) is 6.92 Å². The highest BCUT2D eigenvalue weighted by molar-refractivity contribution is 5.72. The van der Waals surface area contributed by atoms with Crippen LogP contribution in [0.2, 0.25) is 0 Å². The Kier molecular flexibility index (Phi) is 4.07. The van der Waals surface area contributed by atoms with Crippen molar-refractivity contribution in [3.63, 3.8) is 0 Å². The van der Waals surface area contributed by atoms with Crippen LogP contribution in [0.3, 0.4) is 0 Å². The third-order valence-corrected chi connectivity index (χ3v) is 2.55. The number of anilines is 3. The number of nitrogens with zero attached hydrogens (tertiary/aromatic N) is 1. The monoisotopic (exact) mass is 259 g/mol. The van der Waals surface area contributed by atoms with Gasteiger partial charge in [0, 0.05) is 6.07 Å². The van der Waals surface area contributed by atoms with E-state index in [9.17, 15) is 0 Å². The smallest absolute Gasteiger partial charge is 0.215 e. The number of nitrogens with two attached hydrogens (primary N) is 1. The maximum atomic E-state index is 5.89. The average Bonchev–Trinajstić information content (AvgIpc) is 2.43. The van der Waals surface area contributed by atoms with Crippen LogP contribution in [0.15, 0.2) is 36.4 Å². The van der Waals surface area contributed by atoms with Crippen molar-refractivity contribution in [2.24, 2.45) is 0 Å². The molecule has 0 unspecified atom stereocenters. The van der Waals surface area contributed by atoms with Crippen molar-refractivity contribution in [2.45, 2.75) is 6.92 Å². The minimum atomic E-state index is 0.505. The van der Waals surface area contributed by atoms with E-state index in [4.69, 9.17) is 15.2 Å². The van der Waals surface area contributed by atoms with Crippen LogP contribution >= 0.6 is 0 Å². The van der Waals surface area contributed by atoms with E-state index in [2.05, 4.69) is 10.3 Å². The van der Waals surface area contributed by atoms with Crippen molar-refractivity contribution < 1.29 is 9.47 Å². The summed E-state index contributed by atoms with van der Waals surface area (Å²) in [4.78, 5) is 4.27. The normalized spacial score (nSPS) is 10.0. The maximum absolute atomic E-state index is 5.89. The summed E-state index contributed by atoms with van der Waals surface area (Å²) in [5.41, 5.74) is 7.26. The Balaban J connectivity index is 2.30. The number of pyridine rings is 1. The standard InChI is InChI=1S/C14H17N3O2/c1-3-19-12-7-5-4-6-11(12)16-14-10(15)8-9-13(17-14)18-2/h4-9H,3,15H2,1-2H3,(H,16,17). The highest BCUT2D eigenvalue weighted by Gasteiger charge is 2.07. The van der Waals surface area contributed by atoms with E-state index >= 15 is 0 Å². The molecular weight excluding hydrogens is 242 g/mol. The van der Waals surface area contributed by atoms with Gasteiger partial charge in [-0.3, -0.25) is 0 Å². The Bertz CT molecular complexity index is 558. The molecule has 0 saturated carbocycles. The van der Waals surface area contributed by atoms with E-state index in [0.717, 1.165) is 11.4 Å². The Hall–Kier alpha value is -2.43. The summed E-state index contributed by atoms with van der Waals surface area (Å²) < 4.78 is 10.6. The first kappa shape index (κ1) is 13.0. The first-order valence-electron chi connectivity index (χ1n) is 6.04. The van der Waals surface area contributed by atoms with Crippen molar-refractivity contribution in [3.8, 4) is 11.6 Å². The molecule has 2 aromatic rings. The number of nitrogens with one attached hydrogen (secondary N) is 1. The van der Waals surface area contributed by atoms with Crippen molar-refractivity contribution >= 4 is 17.2 Å². The molecule has 1 aromatic heterocycles. The molecule has 1 aromatic carbocycles. The van der Waals surface area contributed by atoms with Gasteiger partial charge in [-0.15, -0.1) is 0 Å². The molecular formula is C14H17N3O2. The van der Waals surface area contributed by atoms with Crippen molar-refractivity contribution in [2.75, 3.05) is 24.8 Å². The van der Waals surface area contributed by atoms with Crippen LogP contribution < -0.4 is 20.5 Å². The van der Waals surface area contributed by atoms with Crippen LogP contribution in [-0.2, 0) is 0 Å². The van der Waals surface area contributed by atoms with Gasteiger partial charge in [-0.05, 0) is 25.1 Å². The van der Waals surface area contributed by atoms with Crippen molar-refractivity contribution in [1.82, 2.24) is 4.98 Å². The minimum absolute atomic E-state index is 0.505. The van der Waals surface area contributed by atoms with Crippen LogP contribution in [0.5, 0.6) is 11.6 Å². The molecule has 0 aliphatic carbocycles. The second-order valence-electron chi connectivity index (χ2n) is 3.85. The SMILES string of the molecule is CCOc1ccccc1Nc1nc(OC)ccc1N. The first-order valence-corrected chi connectivity index (χ1v) is 6.04. The van der Waals surface area contributed by atoms with Crippen molar-refractivity contribution in [3.05, 3.63) is 36.4 Å².